The summed E-state index contributed by atoms with van der Waals surface area (Å²) in [7, 11) is 0. The third kappa shape index (κ3) is 3.07. The van der Waals surface area contributed by atoms with Crippen LogP contribution >= 0.6 is 11.8 Å². The summed E-state index contributed by atoms with van der Waals surface area (Å²) in [5.74, 6) is -0.712. The largest absolute Gasteiger partial charge is 0.481 e. The van der Waals surface area contributed by atoms with Crippen LogP contribution in [0.4, 0.5) is 0 Å². The molecule has 18 heavy (non-hydrogen) atoms. The first-order valence-corrected chi connectivity index (χ1v) is 7.49. The molecule has 1 aromatic heterocycles. The van der Waals surface area contributed by atoms with Crippen molar-refractivity contribution < 1.29 is 9.90 Å². The van der Waals surface area contributed by atoms with Gasteiger partial charge in [-0.15, -0.1) is 0 Å². The van der Waals surface area contributed by atoms with E-state index in [1.807, 2.05) is 6.20 Å². The van der Waals surface area contributed by atoms with Crippen LogP contribution in [0.25, 0.3) is 0 Å². The molecule has 0 saturated heterocycles. The van der Waals surface area contributed by atoms with Crippen molar-refractivity contribution in [1.29, 1.82) is 0 Å². The van der Waals surface area contributed by atoms with E-state index in [2.05, 4.69) is 16.5 Å². The van der Waals surface area contributed by atoms with Crippen LogP contribution in [-0.4, -0.2) is 26.4 Å². The lowest BCUT2D eigenvalue weighted by molar-refractivity contribution is -0.133. The molecule has 0 spiro atoms. The predicted molar refractivity (Wildman–Crippen MR) is 71.8 cm³/mol. The first-order valence-electron chi connectivity index (χ1n) is 6.51. The van der Waals surface area contributed by atoms with Crippen LogP contribution in [0.5, 0.6) is 0 Å². The van der Waals surface area contributed by atoms with Gasteiger partial charge in [0, 0.05) is 18.9 Å². The number of thioether (sulfide) groups is 1. The van der Waals surface area contributed by atoms with E-state index in [1.165, 1.54) is 43.9 Å². The lowest BCUT2D eigenvalue weighted by atomic mass is 9.83. The second-order valence-electron chi connectivity index (χ2n) is 5.08. The molecule has 1 N–H and O–H groups in total. The third-order valence-electron chi connectivity index (χ3n) is 3.92. The second kappa shape index (κ2) is 5.78. The molecule has 1 saturated carbocycles. The zero-order chi connectivity index (χ0) is 13.0. The number of nitrogens with zero attached hydrogens (tertiary/aromatic N) is 2. The number of carboxylic acid groups (broad SMARTS) is 1. The fourth-order valence-electron chi connectivity index (χ4n) is 2.79. The minimum atomic E-state index is -0.791. The standard InChI is InChI=1S/C13H20N2O2S/c1-2-13(5-3-4-6-13)10-15-8-7-14-12(15)18-9-11(16)17/h7-8H,2-6,9-10H2,1H3,(H,16,17). The quantitative estimate of drug-likeness (QED) is 0.806. The van der Waals surface area contributed by atoms with Crippen molar-refractivity contribution in [2.45, 2.75) is 50.7 Å². The third-order valence-corrected chi connectivity index (χ3v) is 4.91. The van der Waals surface area contributed by atoms with E-state index in [1.54, 1.807) is 6.20 Å². The number of imidazole rings is 1. The Bertz CT molecular complexity index is 411. The Balaban J connectivity index is 2.04. The average Bonchev–Trinajstić information content (AvgIpc) is 2.97. The fourth-order valence-corrected chi connectivity index (χ4v) is 3.47. The van der Waals surface area contributed by atoms with Crippen LogP contribution in [-0.2, 0) is 11.3 Å². The van der Waals surface area contributed by atoms with Gasteiger partial charge in [0.1, 0.15) is 0 Å². The summed E-state index contributed by atoms with van der Waals surface area (Å²) in [6.45, 7) is 3.23. The van der Waals surface area contributed by atoms with Gasteiger partial charge in [-0.3, -0.25) is 4.79 Å². The number of rotatable bonds is 6. The zero-order valence-corrected chi connectivity index (χ0v) is 11.6. The molecular formula is C13H20N2O2S. The van der Waals surface area contributed by atoms with Crippen molar-refractivity contribution in [2.75, 3.05) is 5.75 Å². The summed E-state index contributed by atoms with van der Waals surface area (Å²) in [6, 6.07) is 0. The van der Waals surface area contributed by atoms with Gasteiger partial charge >= 0.3 is 5.97 Å². The van der Waals surface area contributed by atoms with Crippen molar-refractivity contribution >= 4 is 17.7 Å². The van der Waals surface area contributed by atoms with Crippen molar-refractivity contribution in [2.24, 2.45) is 5.41 Å². The van der Waals surface area contributed by atoms with Crippen LogP contribution in [0.1, 0.15) is 39.0 Å². The molecule has 100 valence electrons. The number of hydrogen-bond acceptors (Lipinski definition) is 3. The van der Waals surface area contributed by atoms with Crippen LogP contribution in [0, 0.1) is 5.41 Å². The Kier molecular flexibility index (Phi) is 4.32. The van der Waals surface area contributed by atoms with E-state index < -0.39 is 5.97 Å². The normalized spacial score (nSPS) is 18.1. The maximum absolute atomic E-state index is 10.6. The molecule has 0 atom stereocenters. The van der Waals surface area contributed by atoms with Crippen LogP contribution in [0.3, 0.4) is 0 Å². The number of hydrogen-bond donors (Lipinski definition) is 1. The first kappa shape index (κ1) is 13.5. The molecule has 0 aromatic carbocycles. The van der Waals surface area contributed by atoms with Gasteiger partial charge in [-0.05, 0) is 24.7 Å². The maximum Gasteiger partial charge on any atom is 0.313 e. The second-order valence-corrected chi connectivity index (χ2v) is 6.02. The number of carbonyl (C=O) groups is 1. The van der Waals surface area contributed by atoms with Gasteiger partial charge in [-0.25, -0.2) is 4.98 Å². The highest BCUT2D eigenvalue weighted by Gasteiger charge is 2.32. The smallest absolute Gasteiger partial charge is 0.313 e. The molecule has 1 aromatic rings. The molecule has 1 heterocycles. The summed E-state index contributed by atoms with van der Waals surface area (Å²) in [4.78, 5) is 14.9. The van der Waals surface area contributed by atoms with E-state index >= 15 is 0 Å². The average molecular weight is 268 g/mol. The molecule has 0 bridgehead atoms. The van der Waals surface area contributed by atoms with E-state index in [0.29, 0.717) is 5.41 Å². The summed E-state index contributed by atoms with van der Waals surface area (Å²) >= 11 is 1.31. The van der Waals surface area contributed by atoms with Crippen molar-refractivity contribution in [1.82, 2.24) is 9.55 Å². The molecule has 2 rings (SSSR count). The predicted octanol–water partition coefficient (Wildman–Crippen LogP) is 3.03. The maximum atomic E-state index is 10.6. The van der Waals surface area contributed by atoms with E-state index in [0.717, 1.165) is 11.7 Å². The van der Waals surface area contributed by atoms with Gasteiger partial charge in [0.15, 0.2) is 5.16 Å². The molecular weight excluding hydrogens is 248 g/mol. The van der Waals surface area contributed by atoms with Crippen molar-refractivity contribution in [3.8, 4) is 0 Å². The Labute approximate surface area is 112 Å². The number of carboxylic acids is 1. The lowest BCUT2D eigenvalue weighted by Gasteiger charge is -2.28. The zero-order valence-electron chi connectivity index (χ0n) is 10.8. The van der Waals surface area contributed by atoms with Crippen molar-refractivity contribution in [3.05, 3.63) is 12.4 Å². The number of aromatic nitrogens is 2. The molecule has 1 aliphatic carbocycles. The summed E-state index contributed by atoms with van der Waals surface area (Å²) in [6.07, 6.45) is 10.1. The van der Waals surface area contributed by atoms with Gasteiger partial charge in [0.05, 0.1) is 5.75 Å². The number of aliphatic carboxylic acids is 1. The molecule has 0 radical (unpaired) electrons. The minimum Gasteiger partial charge on any atom is -0.481 e. The monoisotopic (exact) mass is 268 g/mol. The Morgan fingerprint density at radius 2 is 2.28 bits per heavy atom. The Morgan fingerprint density at radius 3 is 2.89 bits per heavy atom. The highest BCUT2D eigenvalue weighted by molar-refractivity contribution is 7.99. The van der Waals surface area contributed by atoms with Gasteiger partial charge in [0.2, 0.25) is 0 Å². The lowest BCUT2D eigenvalue weighted by Crippen LogP contribution is -2.22. The van der Waals surface area contributed by atoms with Crippen LogP contribution < -0.4 is 0 Å². The van der Waals surface area contributed by atoms with Gasteiger partial charge in [0.25, 0.3) is 0 Å². The van der Waals surface area contributed by atoms with E-state index in [4.69, 9.17) is 5.11 Å². The van der Waals surface area contributed by atoms with Crippen molar-refractivity contribution in [3.63, 3.8) is 0 Å². The van der Waals surface area contributed by atoms with Gasteiger partial charge < -0.3 is 9.67 Å². The molecule has 4 nitrogen and oxygen atoms in total. The molecule has 5 heteroatoms. The molecule has 1 aliphatic rings. The molecule has 1 fully saturated rings. The Morgan fingerprint density at radius 1 is 1.56 bits per heavy atom. The molecule has 0 unspecified atom stereocenters. The SMILES string of the molecule is CCC1(Cn2ccnc2SCC(=O)O)CCCC1. The topological polar surface area (TPSA) is 55.1 Å². The Hall–Kier alpha value is -0.970. The molecule has 0 aliphatic heterocycles. The van der Waals surface area contributed by atoms with Gasteiger partial charge in [-0.2, -0.15) is 0 Å². The van der Waals surface area contributed by atoms with Gasteiger partial charge in [-0.1, -0.05) is 31.5 Å². The first-order chi connectivity index (χ1) is 8.65. The van der Waals surface area contributed by atoms with Crippen LogP contribution in [0.15, 0.2) is 17.6 Å². The highest BCUT2D eigenvalue weighted by atomic mass is 32.2. The summed E-state index contributed by atoms with van der Waals surface area (Å²) in [5, 5.41) is 9.56. The van der Waals surface area contributed by atoms with E-state index in [-0.39, 0.29) is 5.75 Å². The summed E-state index contributed by atoms with van der Waals surface area (Å²) < 4.78 is 2.13. The van der Waals surface area contributed by atoms with E-state index in [9.17, 15) is 4.79 Å². The minimum absolute atomic E-state index is 0.0795. The summed E-state index contributed by atoms with van der Waals surface area (Å²) in [5.41, 5.74) is 0.402. The highest BCUT2D eigenvalue weighted by Crippen LogP contribution is 2.42. The fraction of sp³-hybridized carbons (Fsp3) is 0.692. The van der Waals surface area contributed by atoms with Crippen LogP contribution in [0.2, 0.25) is 0 Å². The molecule has 0 amide bonds.